The van der Waals surface area contributed by atoms with E-state index in [0.29, 0.717) is 39.8 Å². The molecule has 8 heteroatoms. The fraction of sp³-hybridized carbons (Fsp3) is 0.222. The van der Waals surface area contributed by atoms with E-state index in [2.05, 4.69) is 4.98 Å². The van der Waals surface area contributed by atoms with Crippen molar-refractivity contribution < 1.29 is 28.5 Å². The van der Waals surface area contributed by atoms with Crippen LogP contribution in [-0.4, -0.2) is 32.0 Å². The molecule has 1 N–H and O–H groups in total. The van der Waals surface area contributed by atoms with Gasteiger partial charge in [0.15, 0.2) is 11.5 Å². The van der Waals surface area contributed by atoms with Crippen molar-refractivity contribution in [2.75, 3.05) is 21.0 Å². The number of hydrogen-bond acceptors (Lipinski definition) is 7. The number of esters is 1. The van der Waals surface area contributed by atoms with Gasteiger partial charge in [0.25, 0.3) is 5.56 Å². The van der Waals surface area contributed by atoms with E-state index >= 15 is 0 Å². The van der Waals surface area contributed by atoms with Gasteiger partial charge in [0.1, 0.15) is 11.3 Å². The Labute approximate surface area is 147 Å². The molecule has 0 amide bonds. The first-order valence-electron chi connectivity index (χ1n) is 7.76. The lowest BCUT2D eigenvalue weighted by Crippen LogP contribution is -2.16. The van der Waals surface area contributed by atoms with Crippen molar-refractivity contribution in [3.63, 3.8) is 0 Å². The number of aromatic nitrogens is 1. The highest BCUT2D eigenvalue weighted by molar-refractivity contribution is 6.05. The highest BCUT2D eigenvalue weighted by Gasteiger charge is 2.31. The maximum absolute atomic E-state index is 12.1. The van der Waals surface area contributed by atoms with Crippen LogP contribution in [0.25, 0.3) is 11.8 Å². The molecule has 0 bridgehead atoms. The number of fused-ring (bicyclic) bond motifs is 2. The minimum absolute atomic E-state index is 0.0199. The summed E-state index contributed by atoms with van der Waals surface area (Å²) in [4.78, 5) is 26.7. The molecule has 2 aliphatic heterocycles. The predicted octanol–water partition coefficient (Wildman–Crippen LogP) is 2.10. The number of pyridine rings is 1. The van der Waals surface area contributed by atoms with Crippen LogP contribution in [0.4, 0.5) is 0 Å². The maximum atomic E-state index is 12.1. The smallest absolute Gasteiger partial charge is 0.349 e. The van der Waals surface area contributed by atoms with Crippen molar-refractivity contribution in [1.29, 1.82) is 0 Å². The summed E-state index contributed by atoms with van der Waals surface area (Å²) < 4.78 is 27.0. The molecule has 0 fully saturated rings. The zero-order chi connectivity index (χ0) is 18.4. The molecule has 0 atom stereocenters. The third-order valence-electron chi connectivity index (χ3n) is 4.14. The van der Waals surface area contributed by atoms with E-state index in [0.717, 1.165) is 0 Å². The first kappa shape index (κ1) is 16.1. The molecule has 0 saturated carbocycles. The van der Waals surface area contributed by atoms with E-state index in [1.807, 2.05) is 0 Å². The lowest BCUT2D eigenvalue weighted by Gasteiger charge is -2.13. The number of benzene rings is 1. The molecular weight excluding hydrogens is 342 g/mol. The van der Waals surface area contributed by atoms with Gasteiger partial charge in [-0.2, -0.15) is 0 Å². The molecule has 0 unspecified atom stereocenters. The standard InChI is InChI=1S/C18H15NO7/c1-8-4-10-11(26-18(21)13(10)17(20)19-8)5-9-6-12-15(25-7-24-12)16(23-3)14(9)22-2/h4-6H,7H2,1-3H3,(H,19,20). The second kappa shape index (κ2) is 5.83. The first-order valence-corrected chi connectivity index (χ1v) is 7.76. The third kappa shape index (κ3) is 2.30. The summed E-state index contributed by atoms with van der Waals surface area (Å²) in [6.45, 7) is 1.80. The van der Waals surface area contributed by atoms with Gasteiger partial charge < -0.3 is 28.7 Å². The summed E-state index contributed by atoms with van der Waals surface area (Å²) in [6, 6.07) is 3.38. The number of aromatic amines is 1. The number of rotatable bonds is 3. The predicted molar refractivity (Wildman–Crippen MR) is 90.8 cm³/mol. The van der Waals surface area contributed by atoms with Crippen LogP contribution in [-0.2, 0) is 4.74 Å². The quantitative estimate of drug-likeness (QED) is 0.840. The van der Waals surface area contributed by atoms with Crippen molar-refractivity contribution in [2.24, 2.45) is 0 Å². The number of H-pyrrole nitrogens is 1. The molecular formula is C18H15NO7. The molecule has 8 nitrogen and oxygen atoms in total. The number of ether oxygens (including phenoxy) is 5. The van der Waals surface area contributed by atoms with E-state index < -0.39 is 11.5 Å². The Morgan fingerprint density at radius 3 is 2.62 bits per heavy atom. The van der Waals surface area contributed by atoms with Gasteiger partial charge in [-0.3, -0.25) is 4.79 Å². The van der Waals surface area contributed by atoms with Gasteiger partial charge in [0, 0.05) is 16.8 Å². The van der Waals surface area contributed by atoms with Crippen LogP contribution in [0, 0.1) is 6.92 Å². The fourth-order valence-electron chi connectivity index (χ4n) is 3.06. The topological polar surface area (TPSA) is 96.1 Å². The van der Waals surface area contributed by atoms with Crippen LogP contribution in [0.5, 0.6) is 23.0 Å². The van der Waals surface area contributed by atoms with Gasteiger partial charge in [0.05, 0.1) is 14.2 Å². The van der Waals surface area contributed by atoms with Crippen LogP contribution in [0.1, 0.15) is 27.2 Å². The number of carbonyl (C=O) groups is 1. The molecule has 2 aliphatic rings. The number of aryl methyl sites for hydroxylation is 1. The van der Waals surface area contributed by atoms with Gasteiger partial charge in [-0.1, -0.05) is 0 Å². The molecule has 1 aromatic carbocycles. The summed E-state index contributed by atoms with van der Waals surface area (Å²) in [6.07, 6.45) is 1.60. The number of hydrogen-bond donors (Lipinski definition) is 1. The number of methoxy groups -OCH3 is 2. The lowest BCUT2D eigenvalue weighted by atomic mass is 10.1. The third-order valence-corrected chi connectivity index (χ3v) is 4.14. The van der Waals surface area contributed by atoms with Crippen molar-refractivity contribution in [3.8, 4) is 23.0 Å². The Morgan fingerprint density at radius 1 is 1.12 bits per heavy atom. The maximum Gasteiger partial charge on any atom is 0.349 e. The molecule has 26 heavy (non-hydrogen) atoms. The molecule has 3 heterocycles. The zero-order valence-corrected chi connectivity index (χ0v) is 14.3. The molecule has 4 rings (SSSR count). The van der Waals surface area contributed by atoms with E-state index in [9.17, 15) is 9.59 Å². The molecule has 0 spiro atoms. The minimum atomic E-state index is -0.695. The Bertz CT molecular complexity index is 1020. The summed E-state index contributed by atoms with van der Waals surface area (Å²) in [5, 5.41) is 0. The molecule has 2 aromatic rings. The molecule has 0 radical (unpaired) electrons. The minimum Gasteiger partial charge on any atom is -0.492 e. The highest BCUT2D eigenvalue weighted by Crippen LogP contribution is 2.50. The van der Waals surface area contributed by atoms with Crippen molar-refractivity contribution >= 4 is 17.8 Å². The zero-order valence-electron chi connectivity index (χ0n) is 14.3. The SMILES string of the molecule is COc1c(C=C2OC(=O)c3c2cc(C)[nH]c3=O)cc2c(c1OC)OCO2. The van der Waals surface area contributed by atoms with Crippen LogP contribution in [0.3, 0.4) is 0 Å². The molecule has 0 saturated heterocycles. The first-order chi connectivity index (χ1) is 12.5. The van der Waals surface area contributed by atoms with E-state index in [1.54, 1.807) is 25.1 Å². The van der Waals surface area contributed by atoms with Crippen molar-refractivity contribution in [1.82, 2.24) is 4.98 Å². The fourth-order valence-corrected chi connectivity index (χ4v) is 3.06. The van der Waals surface area contributed by atoms with E-state index in [4.69, 9.17) is 23.7 Å². The van der Waals surface area contributed by atoms with Crippen LogP contribution in [0.2, 0.25) is 0 Å². The van der Waals surface area contributed by atoms with Crippen LogP contribution in [0.15, 0.2) is 16.9 Å². The van der Waals surface area contributed by atoms with Crippen molar-refractivity contribution in [3.05, 3.63) is 44.9 Å². The largest absolute Gasteiger partial charge is 0.492 e. The second-order valence-electron chi connectivity index (χ2n) is 5.73. The normalized spacial score (nSPS) is 15.8. The Hall–Kier alpha value is -3.42. The van der Waals surface area contributed by atoms with Gasteiger partial charge in [-0.15, -0.1) is 0 Å². The number of cyclic esters (lactones) is 1. The van der Waals surface area contributed by atoms with Crippen LogP contribution >= 0.6 is 0 Å². The van der Waals surface area contributed by atoms with E-state index in [1.165, 1.54) is 14.2 Å². The van der Waals surface area contributed by atoms with Gasteiger partial charge >= 0.3 is 5.97 Å². The average molecular weight is 357 g/mol. The monoisotopic (exact) mass is 357 g/mol. The summed E-state index contributed by atoms with van der Waals surface area (Å²) in [5.74, 6) is 1.26. The second-order valence-corrected chi connectivity index (χ2v) is 5.73. The van der Waals surface area contributed by atoms with Crippen molar-refractivity contribution in [2.45, 2.75) is 6.92 Å². The Kier molecular flexibility index (Phi) is 3.61. The number of carbonyl (C=O) groups excluding carboxylic acids is 1. The summed E-state index contributed by atoms with van der Waals surface area (Å²) in [5.41, 5.74) is 1.10. The summed E-state index contributed by atoms with van der Waals surface area (Å²) >= 11 is 0. The Morgan fingerprint density at radius 2 is 1.88 bits per heavy atom. The van der Waals surface area contributed by atoms with Gasteiger partial charge in [-0.25, -0.2) is 4.79 Å². The molecule has 134 valence electrons. The lowest BCUT2D eigenvalue weighted by molar-refractivity contribution is 0.0715. The van der Waals surface area contributed by atoms with Gasteiger partial charge in [0.2, 0.25) is 18.3 Å². The van der Waals surface area contributed by atoms with E-state index in [-0.39, 0.29) is 18.1 Å². The van der Waals surface area contributed by atoms with Crippen LogP contribution < -0.4 is 24.5 Å². The van der Waals surface area contributed by atoms with Gasteiger partial charge in [-0.05, 0) is 25.1 Å². The Balaban J connectivity index is 1.92. The average Bonchev–Trinajstić information content (AvgIpc) is 3.18. The molecule has 0 aliphatic carbocycles. The summed E-state index contributed by atoms with van der Waals surface area (Å²) in [7, 11) is 2.98. The molecule has 1 aromatic heterocycles. The number of nitrogens with one attached hydrogen (secondary N) is 1. The highest BCUT2D eigenvalue weighted by atomic mass is 16.7.